The summed E-state index contributed by atoms with van der Waals surface area (Å²) in [4.78, 5) is 16.6. The van der Waals surface area contributed by atoms with E-state index in [4.69, 9.17) is 4.74 Å². The van der Waals surface area contributed by atoms with Crippen LogP contribution in [0, 0.1) is 0 Å². The van der Waals surface area contributed by atoms with Crippen LogP contribution in [0.3, 0.4) is 0 Å². The lowest BCUT2D eigenvalue weighted by atomic mass is 9.99. The Hall–Kier alpha value is -3.61. The van der Waals surface area contributed by atoms with Gasteiger partial charge in [0.1, 0.15) is 5.75 Å². The van der Waals surface area contributed by atoms with E-state index in [0.717, 1.165) is 33.2 Å². The third kappa shape index (κ3) is 5.30. The first-order valence-corrected chi connectivity index (χ1v) is 11.5. The van der Waals surface area contributed by atoms with Gasteiger partial charge in [-0.25, -0.2) is 0 Å². The number of carbonyl (C=O) groups excluding carboxylic acids is 1. The average Bonchev–Trinajstić information content (AvgIpc) is 3.26. The number of ether oxygens (including phenoxy) is 1. The maximum absolute atomic E-state index is 13.4. The summed E-state index contributed by atoms with van der Waals surface area (Å²) in [6, 6.07) is 20.6. The second-order valence-electron chi connectivity index (χ2n) is 8.65. The largest absolute Gasteiger partial charge is 0.490 e. The highest BCUT2D eigenvalue weighted by Crippen LogP contribution is 2.28. The van der Waals surface area contributed by atoms with Gasteiger partial charge in [-0.15, -0.1) is 0 Å². The van der Waals surface area contributed by atoms with Gasteiger partial charge in [0.2, 0.25) is 0 Å². The predicted octanol–water partition coefficient (Wildman–Crippen LogP) is 4.45. The zero-order valence-corrected chi connectivity index (χ0v) is 19.4. The number of aromatic nitrogens is 1. The van der Waals surface area contributed by atoms with Crippen molar-refractivity contribution in [2.24, 2.45) is 0 Å². The van der Waals surface area contributed by atoms with E-state index < -0.39 is 6.04 Å². The summed E-state index contributed by atoms with van der Waals surface area (Å²) in [5, 5.41) is 23.6. The fraction of sp³-hybridized carbons (Fsp3) is 0.250. The lowest BCUT2D eigenvalue weighted by Crippen LogP contribution is -2.39. The number of nitrogens with one attached hydrogen (secondary N) is 2. The first-order chi connectivity index (χ1) is 16.5. The van der Waals surface area contributed by atoms with Crippen LogP contribution in [0.5, 0.6) is 5.75 Å². The lowest BCUT2D eigenvalue weighted by molar-refractivity contribution is 0.0910. The van der Waals surface area contributed by atoms with E-state index in [0.29, 0.717) is 17.7 Å². The Morgan fingerprint density at radius 2 is 1.79 bits per heavy atom. The van der Waals surface area contributed by atoms with E-state index >= 15 is 0 Å². The normalized spacial score (nSPS) is 12.1. The molecule has 0 aliphatic carbocycles. The lowest BCUT2D eigenvalue weighted by Gasteiger charge is -2.19. The SMILES string of the molecule is CC(C)Oc1ccc(-c2cccc(CO)c2)cc1C(=O)N[C@@H](CO)Cc1c[nH]c2ccccc12. The van der Waals surface area contributed by atoms with Gasteiger partial charge < -0.3 is 25.3 Å². The Kier molecular flexibility index (Phi) is 7.30. The topological polar surface area (TPSA) is 94.6 Å². The fourth-order valence-electron chi connectivity index (χ4n) is 4.08. The molecule has 0 radical (unpaired) electrons. The van der Waals surface area contributed by atoms with E-state index in [9.17, 15) is 15.0 Å². The van der Waals surface area contributed by atoms with Crippen LogP contribution in [-0.4, -0.2) is 39.9 Å². The van der Waals surface area contributed by atoms with Crippen molar-refractivity contribution in [3.8, 4) is 16.9 Å². The van der Waals surface area contributed by atoms with Gasteiger partial charge in [-0.3, -0.25) is 4.79 Å². The molecule has 3 aromatic carbocycles. The molecule has 6 heteroatoms. The van der Waals surface area contributed by atoms with Gasteiger partial charge in [0.25, 0.3) is 5.91 Å². The molecular formula is C28H30N2O4. The summed E-state index contributed by atoms with van der Waals surface area (Å²) in [5.74, 6) is 0.174. The van der Waals surface area contributed by atoms with Crippen LogP contribution in [0.2, 0.25) is 0 Å². The first kappa shape index (κ1) is 23.5. The number of para-hydroxylation sites is 1. The highest BCUT2D eigenvalue weighted by atomic mass is 16.5. The highest BCUT2D eigenvalue weighted by molar-refractivity contribution is 5.98. The average molecular weight is 459 g/mol. The molecule has 4 aromatic rings. The molecule has 0 aliphatic heterocycles. The molecule has 0 unspecified atom stereocenters. The smallest absolute Gasteiger partial charge is 0.255 e. The summed E-state index contributed by atoms with van der Waals surface area (Å²) >= 11 is 0. The summed E-state index contributed by atoms with van der Waals surface area (Å²) in [6.07, 6.45) is 2.31. The van der Waals surface area contributed by atoms with E-state index in [1.165, 1.54) is 0 Å². The quantitative estimate of drug-likeness (QED) is 0.298. The Balaban J connectivity index is 1.61. The van der Waals surface area contributed by atoms with Gasteiger partial charge >= 0.3 is 0 Å². The molecule has 6 nitrogen and oxygen atoms in total. The van der Waals surface area contributed by atoms with Gasteiger partial charge in [0.05, 0.1) is 30.9 Å². The molecule has 34 heavy (non-hydrogen) atoms. The standard InChI is InChI=1S/C28H30N2O4/c1-18(2)34-27-11-10-21(20-7-5-6-19(12-20)16-31)14-25(27)28(33)30-23(17-32)13-22-15-29-26-9-4-3-8-24(22)26/h3-12,14-15,18,23,29,31-32H,13,16-17H2,1-2H3,(H,30,33)/t23-/m1/s1. The van der Waals surface area contributed by atoms with Crippen molar-refractivity contribution in [1.29, 1.82) is 0 Å². The second-order valence-corrected chi connectivity index (χ2v) is 8.65. The fourth-order valence-corrected chi connectivity index (χ4v) is 4.08. The Morgan fingerprint density at radius 3 is 2.56 bits per heavy atom. The Labute approximate surface area is 199 Å². The van der Waals surface area contributed by atoms with Crippen molar-refractivity contribution in [3.05, 3.63) is 89.6 Å². The van der Waals surface area contributed by atoms with Gasteiger partial charge in [-0.05, 0) is 66.8 Å². The number of aliphatic hydroxyl groups excluding tert-OH is 2. The molecule has 0 aliphatic rings. The van der Waals surface area contributed by atoms with Gasteiger partial charge in [0.15, 0.2) is 0 Å². The maximum atomic E-state index is 13.4. The van der Waals surface area contributed by atoms with Crippen molar-refractivity contribution in [3.63, 3.8) is 0 Å². The van der Waals surface area contributed by atoms with E-state index in [1.54, 1.807) is 12.1 Å². The molecule has 0 spiro atoms. The van der Waals surface area contributed by atoms with Crippen molar-refractivity contribution in [1.82, 2.24) is 10.3 Å². The minimum atomic E-state index is -0.458. The number of aliphatic hydroxyl groups is 2. The number of H-pyrrole nitrogens is 1. The molecular weight excluding hydrogens is 428 g/mol. The molecule has 4 rings (SSSR count). The monoisotopic (exact) mass is 458 g/mol. The van der Waals surface area contributed by atoms with Crippen LogP contribution in [0.25, 0.3) is 22.0 Å². The first-order valence-electron chi connectivity index (χ1n) is 11.5. The molecule has 1 amide bonds. The van der Waals surface area contributed by atoms with Crippen molar-refractivity contribution in [2.75, 3.05) is 6.61 Å². The summed E-state index contributed by atoms with van der Waals surface area (Å²) in [5.41, 5.74) is 4.99. The van der Waals surface area contributed by atoms with E-state index in [-0.39, 0.29) is 25.2 Å². The third-order valence-electron chi connectivity index (χ3n) is 5.73. The molecule has 176 valence electrons. The zero-order valence-electron chi connectivity index (χ0n) is 19.4. The number of hydrogen-bond donors (Lipinski definition) is 4. The number of carbonyl (C=O) groups is 1. The Morgan fingerprint density at radius 1 is 1.00 bits per heavy atom. The van der Waals surface area contributed by atoms with Crippen molar-refractivity contribution in [2.45, 2.75) is 39.0 Å². The zero-order chi connectivity index (χ0) is 24.1. The van der Waals surface area contributed by atoms with Crippen LogP contribution in [-0.2, 0) is 13.0 Å². The number of hydrogen-bond acceptors (Lipinski definition) is 4. The second kappa shape index (κ2) is 10.5. The van der Waals surface area contributed by atoms with Crippen molar-refractivity contribution >= 4 is 16.8 Å². The van der Waals surface area contributed by atoms with Crippen LogP contribution in [0.1, 0.15) is 35.3 Å². The summed E-state index contributed by atoms with van der Waals surface area (Å²) in [7, 11) is 0. The van der Waals surface area contributed by atoms with Crippen LogP contribution in [0.15, 0.2) is 72.9 Å². The third-order valence-corrected chi connectivity index (χ3v) is 5.73. The van der Waals surface area contributed by atoms with Gasteiger partial charge in [0, 0.05) is 17.1 Å². The number of fused-ring (bicyclic) bond motifs is 1. The number of benzene rings is 3. The minimum absolute atomic E-state index is 0.0538. The molecule has 4 N–H and O–H groups in total. The predicted molar refractivity (Wildman–Crippen MR) is 134 cm³/mol. The molecule has 0 saturated heterocycles. The van der Waals surface area contributed by atoms with Crippen LogP contribution >= 0.6 is 0 Å². The van der Waals surface area contributed by atoms with E-state index in [1.807, 2.05) is 74.6 Å². The molecule has 1 atom stereocenters. The maximum Gasteiger partial charge on any atom is 0.255 e. The number of amides is 1. The minimum Gasteiger partial charge on any atom is -0.490 e. The van der Waals surface area contributed by atoms with Gasteiger partial charge in [-0.1, -0.05) is 42.5 Å². The molecule has 0 fully saturated rings. The molecule has 0 saturated carbocycles. The van der Waals surface area contributed by atoms with Gasteiger partial charge in [-0.2, -0.15) is 0 Å². The van der Waals surface area contributed by atoms with Crippen LogP contribution < -0.4 is 10.1 Å². The number of rotatable bonds is 9. The molecule has 1 aromatic heterocycles. The highest BCUT2D eigenvalue weighted by Gasteiger charge is 2.20. The van der Waals surface area contributed by atoms with Crippen molar-refractivity contribution < 1.29 is 19.7 Å². The Bertz CT molecular complexity index is 1280. The number of aromatic amines is 1. The molecule has 1 heterocycles. The van der Waals surface area contributed by atoms with E-state index in [2.05, 4.69) is 10.3 Å². The molecule has 0 bridgehead atoms. The summed E-state index contributed by atoms with van der Waals surface area (Å²) < 4.78 is 5.91. The summed E-state index contributed by atoms with van der Waals surface area (Å²) in [6.45, 7) is 3.58. The van der Waals surface area contributed by atoms with Crippen LogP contribution in [0.4, 0.5) is 0 Å².